The van der Waals surface area contributed by atoms with E-state index in [2.05, 4.69) is 6.58 Å². The highest BCUT2D eigenvalue weighted by molar-refractivity contribution is 7.91. The van der Waals surface area contributed by atoms with E-state index in [0.717, 1.165) is 5.56 Å². The van der Waals surface area contributed by atoms with Crippen molar-refractivity contribution in [1.82, 2.24) is 0 Å². The molecule has 31 heavy (non-hydrogen) atoms. The SMILES string of the molecule is C=Cc1c(N)c(C)c(Cc2ccccc2)c(C(=O)O)c1S(=O)(=O)c1ccc(OC)cc1. The molecule has 0 unspecified atom stereocenters. The molecule has 0 amide bonds. The largest absolute Gasteiger partial charge is 0.497 e. The number of nitrogens with two attached hydrogens (primary N) is 1. The molecule has 0 fully saturated rings. The van der Waals surface area contributed by atoms with Gasteiger partial charge in [0.25, 0.3) is 0 Å². The molecule has 0 saturated carbocycles. The van der Waals surface area contributed by atoms with Crippen molar-refractivity contribution in [1.29, 1.82) is 0 Å². The van der Waals surface area contributed by atoms with Crippen molar-refractivity contribution in [2.24, 2.45) is 0 Å². The zero-order valence-corrected chi connectivity index (χ0v) is 18.1. The van der Waals surface area contributed by atoms with E-state index < -0.39 is 15.8 Å². The van der Waals surface area contributed by atoms with E-state index in [1.165, 1.54) is 37.5 Å². The summed E-state index contributed by atoms with van der Waals surface area (Å²) in [6, 6.07) is 15.0. The molecule has 0 atom stereocenters. The van der Waals surface area contributed by atoms with E-state index >= 15 is 0 Å². The molecule has 0 aromatic heterocycles. The Labute approximate surface area is 181 Å². The first kappa shape index (κ1) is 22.1. The number of carbonyl (C=O) groups is 1. The molecule has 0 aliphatic carbocycles. The lowest BCUT2D eigenvalue weighted by molar-refractivity contribution is 0.0691. The third kappa shape index (κ3) is 4.04. The number of carboxylic acids is 1. The van der Waals surface area contributed by atoms with Crippen molar-refractivity contribution < 1.29 is 23.1 Å². The molecule has 3 aromatic carbocycles. The summed E-state index contributed by atoms with van der Waals surface area (Å²) in [5, 5.41) is 10.1. The Balaban J connectivity index is 2.37. The number of carboxylic acid groups (broad SMARTS) is 1. The molecule has 3 rings (SSSR count). The maximum absolute atomic E-state index is 13.6. The predicted octanol–water partition coefficient (Wildman–Crippen LogP) is 4.35. The molecule has 0 bridgehead atoms. The van der Waals surface area contributed by atoms with Crippen LogP contribution in [0.3, 0.4) is 0 Å². The van der Waals surface area contributed by atoms with E-state index in [9.17, 15) is 18.3 Å². The van der Waals surface area contributed by atoms with Crippen molar-refractivity contribution in [3.63, 3.8) is 0 Å². The molecular formula is C24H23NO5S. The lowest BCUT2D eigenvalue weighted by Crippen LogP contribution is -2.18. The number of anilines is 1. The molecule has 0 aliphatic heterocycles. The molecule has 0 spiro atoms. The van der Waals surface area contributed by atoms with Crippen LogP contribution in [0.15, 0.2) is 71.0 Å². The minimum atomic E-state index is -4.22. The second-order valence-electron chi connectivity index (χ2n) is 6.99. The van der Waals surface area contributed by atoms with Crippen LogP contribution < -0.4 is 10.5 Å². The highest BCUT2D eigenvalue weighted by atomic mass is 32.2. The molecule has 160 valence electrons. The molecule has 3 N–H and O–H groups in total. The van der Waals surface area contributed by atoms with Crippen LogP contribution in [-0.4, -0.2) is 26.6 Å². The van der Waals surface area contributed by atoms with Gasteiger partial charge in [0.15, 0.2) is 0 Å². The number of rotatable bonds is 7. The number of aromatic carboxylic acids is 1. The van der Waals surface area contributed by atoms with Crippen LogP contribution in [0.1, 0.15) is 32.6 Å². The van der Waals surface area contributed by atoms with Gasteiger partial charge in [0.1, 0.15) is 5.75 Å². The van der Waals surface area contributed by atoms with Gasteiger partial charge in [-0.25, -0.2) is 13.2 Å². The van der Waals surface area contributed by atoms with Crippen LogP contribution in [-0.2, 0) is 16.3 Å². The van der Waals surface area contributed by atoms with Gasteiger partial charge in [-0.15, -0.1) is 0 Å². The zero-order chi connectivity index (χ0) is 22.8. The second-order valence-corrected chi connectivity index (χ2v) is 8.87. The smallest absolute Gasteiger partial charge is 0.337 e. The molecule has 0 radical (unpaired) electrons. The summed E-state index contributed by atoms with van der Waals surface area (Å²) in [7, 11) is -2.75. The first-order valence-electron chi connectivity index (χ1n) is 9.46. The van der Waals surface area contributed by atoms with Gasteiger partial charge in [-0.05, 0) is 54.3 Å². The average molecular weight is 438 g/mol. The summed E-state index contributed by atoms with van der Waals surface area (Å²) < 4.78 is 32.3. The average Bonchev–Trinajstić information content (AvgIpc) is 2.77. The number of sulfone groups is 1. The molecule has 0 heterocycles. The molecule has 7 heteroatoms. The van der Waals surface area contributed by atoms with E-state index in [1.807, 2.05) is 30.3 Å². The van der Waals surface area contributed by atoms with E-state index in [-0.39, 0.29) is 33.0 Å². The summed E-state index contributed by atoms with van der Waals surface area (Å²) in [4.78, 5) is 12.0. The maximum atomic E-state index is 13.6. The number of hydrogen-bond acceptors (Lipinski definition) is 5. The van der Waals surface area contributed by atoms with Crippen LogP contribution in [0.25, 0.3) is 6.08 Å². The second kappa shape index (κ2) is 8.65. The lowest BCUT2D eigenvalue weighted by Gasteiger charge is -2.21. The van der Waals surface area contributed by atoms with Crippen molar-refractivity contribution >= 4 is 27.6 Å². The fraction of sp³-hybridized carbons (Fsp3) is 0.125. The quantitative estimate of drug-likeness (QED) is 0.532. The summed E-state index contributed by atoms with van der Waals surface area (Å²) in [5.41, 5.74) is 7.99. The van der Waals surface area contributed by atoms with Crippen LogP contribution in [0, 0.1) is 6.92 Å². The summed E-state index contributed by atoms with van der Waals surface area (Å²) in [6.45, 7) is 5.38. The molecular weight excluding hydrogens is 414 g/mol. The standard InChI is InChI=1S/C24H23NO5S/c1-4-19-22(25)15(2)20(14-16-8-6-5-7-9-16)21(24(26)27)23(19)31(28,29)18-12-10-17(30-3)11-13-18/h4-13H,1,14,25H2,2-3H3,(H,26,27). The van der Waals surface area contributed by atoms with Crippen molar-refractivity contribution in [2.45, 2.75) is 23.1 Å². The van der Waals surface area contributed by atoms with Crippen LogP contribution >= 0.6 is 0 Å². The third-order valence-electron chi connectivity index (χ3n) is 5.20. The minimum absolute atomic E-state index is 0.0622. The first-order valence-corrected chi connectivity index (χ1v) is 10.9. The monoisotopic (exact) mass is 437 g/mol. The van der Waals surface area contributed by atoms with Gasteiger partial charge in [-0.2, -0.15) is 0 Å². The normalized spacial score (nSPS) is 11.2. The number of methoxy groups -OCH3 is 1. The molecule has 3 aromatic rings. The highest BCUT2D eigenvalue weighted by Gasteiger charge is 2.32. The van der Waals surface area contributed by atoms with Crippen LogP contribution in [0.2, 0.25) is 0 Å². The van der Waals surface area contributed by atoms with E-state index in [1.54, 1.807) is 6.92 Å². The van der Waals surface area contributed by atoms with Crippen LogP contribution in [0.5, 0.6) is 5.75 Å². The molecule has 0 aliphatic rings. The van der Waals surface area contributed by atoms with E-state index in [0.29, 0.717) is 16.9 Å². The topological polar surface area (TPSA) is 107 Å². The Bertz CT molecular complexity index is 1250. The lowest BCUT2D eigenvalue weighted by atomic mass is 9.91. The first-order chi connectivity index (χ1) is 14.7. The number of benzene rings is 3. The Hall–Kier alpha value is -3.58. The number of nitrogen functional groups attached to an aromatic ring is 1. The Morgan fingerprint density at radius 2 is 1.74 bits per heavy atom. The molecule has 0 saturated heterocycles. The van der Waals surface area contributed by atoms with Gasteiger partial charge in [0.05, 0.1) is 22.5 Å². The number of hydrogen-bond donors (Lipinski definition) is 2. The maximum Gasteiger partial charge on any atom is 0.337 e. The molecule has 6 nitrogen and oxygen atoms in total. The van der Waals surface area contributed by atoms with Crippen LogP contribution in [0.4, 0.5) is 5.69 Å². The fourth-order valence-corrected chi connectivity index (χ4v) is 5.24. The van der Waals surface area contributed by atoms with E-state index in [4.69, 9.17) is 10.5 Å². The van der Waals surface area contributed by atoms with Gasteiger partial charge in [-0.1, -0.05) is 43.0 Å². The summed E-state index contributed by atoms with van der Waals surface area (Å²) in [5.74, 6) is -0.862. The fourth-order valence-electron chi connectivity index (χ4n) is 3.55. The van der Waals surface area contributed by atoms with Crippen molar-refractivity contribution in [2.75, 3.05) is 12.8 Å². The minimum Gasteiger partial charge on any atom is -0.497 e. The van der Waals surface area contributed by atoms with Gasteiger partial charge >= 0.3 is 5.97 Å². The Morgan fingerprint density at radius 1 is 1.13 bits per heavy atom. The van der Waals surface area contributed by atoms with Crippen molar-refractivity contribution in [3.05, 3.63) is 89.0 Å². The summed E-state index contributed by atoms with van der Waals surface area (Å²) in [6.07, 6.45) is 1.51. The summed E-state index contributed by atoms with van der Waals surface area (Å²) >= 11 is 0. The van der Waals surface area contributed by atoms with Crippen molar-refractivity contribution in [3.8, 4) is 5.75 Å². The van der Waals surface area contributed by atoms with Gasteiger partial charge < -0.3 is 15.6 Å². The Morgan fingerprint density at radius 3 is 2.26 bits per heavy atom. The van der Waals surface area contributed by atoms with Gasteiger partial charge in [0.2, 0.25) is 9.84 Å². The Kier molecular flexibility index (Phi) is 6.17. The zero-order valence-electron chi connectivity index (χ0n) is 17.3. The number of ether oxygens (including phenoxy) is 1. The predicted molar refractivity (Wildman–Crippen MR) is 120 cm³/mol. The van der Waals surface area contributed by atoms with Gasteiger partial charge in [-0.3, -0.25) is 0 Å². The third-order valence-corrected chi connectivity index (χ3v) is 7.05. The van der Waals surface area contributed by atoms with Gasteiger partial charge in [0, 0.05) is 11.3 Å². The highest BCUT2D eigenvalue weighted by Crippen LogP contribution is 2.38.